The zero-order valence-corrected chi connectivity index (χ0v) is 15.0. The summed E-state index contributed by atoms with van der Waals surface area (Å²) in [4.78, 5) is 23.4. The molecule has 0 aliphatic heterocycles. The van der Waals surface area contributed by atoms with Crippen molar-refractivity contribution < 1.29 is 9.72 Å². The molecule has 0 aliphatic carbocycles. The zero-order valence-electron chi connectivity index (χ0n) is 15.0. The summed E-state index contributed by atoms with van der Waals surface area (Å²) in [5, 5.41) is 14.2. The summed E-state index contributed by atoms with van der Waals surface area (Å²) in [6, 6.07) is 23.6. The molecule has 3 aromatic rings. The van der Waals surface area contributed by atoms with Crippen LogP contribution in [0.15, 0.2) is 78.9 Å². The summed E-state index contributed by atoms with van der Waals surface area (Å²) in [6.45, 7) is 2.00. The molecule has 136 valence electrons. The summed E-state index contributed by atoms with van der Waals surface area (Å²) in [6.07, 6.45) is -0.0492. The molecule has 1 atom stereocenters. The molecule has 0 bridgehead atoms. The van der Waals surface area contributed by atoms with Gasteiger partial charge in [0.15, 0.2) is 0 Å². The van der Waals surface area contributed by atoms with Crippen LogP contribution in [-0.4, -0.2) is 10.8 Å². The maximum Gasteiger partial charge on any atom is 0.273 e. The van der Waals surface area contributed by atoms with E-state index >= 15 is 0 Å². The van der Waals surface area contributed by atoms with Gasteiger partial charge in [-0.25, -0.2) is 0 Å². The van der Waals surface area contributed by atoms with Crippen molar-refractivity contribution in [3.8, 4) is 0 Å². The smallest absolute Gasteiger partial charge is 0.273 e. The molecule has 1 amide bonds. The fourth-order valence-electron chi connectivity index (χ4n) is 3.12. The van der Waals surface area contributed by atoms with E-state index in [9.17, 15) is 14.9 Å². The number of nitro benzene ring substituents is 1. The van der Waals surface area contributed by atoms with Crippen LogP contribution in [0.2, 0.25) is 0 Å². The normalized spacial score (nSPS) is 11.6. The SMILES string of the molecule is Cc1ccccc1[C@@H](NC(=O)Cc1ccccc1[N+](=O)[O-])c1ccccc1. The van der Waals surface area contributed by atoms with Crippen molar-refractivity contribution in [1.82, 2.24) is 5.32 Å². The fraction of sp³-hybridized carbons (Fsp3) is 0.136. The number of aryl methyl sites for hydroxylation is 1. The summed E-state index contributed by atoms with van der Waals surface area (Å²) in [7, 11) is 0. The molecular weight excluding hydrogens is 340 g/mol. The van der Waals surface area contributed by atoms with Gasteiger partial charge in [-0.3, -0.25) is 14.9 Å². The van der Waals surface area contributed by atoms with Crippen molar-refractivity contribution in [2.45, 2.75) is 19.4 Å². The number of para-hydroxylation sites is 1. The molecule has 0 radical (unpaired) electrons. The lowest BCUT2D eigenvalue weighted by Gasteiger charge is -2.21. The third kappa shape index (κ3) is 4.39. The van der Waals surface area contributed by atoms with Gasteiger partial charge in [0.1, 0.15) is 0 Å². The number of hydrogen-bond acceptors (Lipinski definition) is 3. The van der Waals surface area contributed by atoms with Gasteiger partial charge in [-0.1, -0.05) is 72.8 Å². The highest BCUT2D eigenvalue weighted by molar-refractivity contribution is 5.80. The van der Waals surface area contributed by atoms with Gasteiger partial charge >= 0.3 is 0 Å². The minimum atomic E-state index is -0.460. The molecule has 3 aromatic carbocycles. The Morgan fingerprint density at radius 3 is 2.30 bits per heavy atom. The zero-order chi connectivity index (χ0) is 19.2. The first-order valence-electron chi connectivity index (χ1n) is 8.68. The van der Waals surface area contributed by atoms with Crippen molar-refractivity contribution in [2.24, 2.45) is 0 Å². The molecule has 27 heavy (non-hydrogen) atoms. The van der Waals surface area contributed by atoms with E-state index in [4.69, 9.17) is 0 Å². The van der Waals surface area contributed by atoms with Gasteiger partial charge in [-0.2, -0.15) is 0 Å². The minimum absolute atomic E-state index is 0.0418. The number of benzene rings is 3. The fourth-order valence-corrected chi connectivity index (χ4v) is 3.12. The Hall–Kier alpha value is -3.47. The highest BCUT2D eigenvalue weighted by atomic mass is 16.6. The van der Waals surface area contributed by atoms with Gasteiger partial charge in [0.05, 0.1) is 17.4 Å². The number of nitrogens with one attached hydrogen (secondary N) is 1. The van der Waals surface area contributed by atoms with Gasteiger partial charge in [-0.05, 0) is 23.6 Å². The number of hydrogen-bond donors (Lipinski definition) is 1. The molecule has 0 fully saturated rings. The Balaban J connectivity index is 1.88. The molecule has 0 aliphatic rings. The van der Waals surface area contributed by atoms with Gasteiger partial charge in [0.2, 0.25) is 5.91 Å². The Morgan fingerprint density at radius 2 is 1.59 bits per heavy atom. The van der Waals surface area contributed by atoms with E-state index in [1.54, 1.807) is 18.2 Å². The Morgan fingerprint density at radius 1 is 0.963 bits per heavy atom. The van der Waals surface area contributed by atoms with Crippen molar-refractivity contribution >= 4 is 11.6 Å². The molecule has 3 rings (SSSR count). The van der Waals surface area contributed by atoms with Crippen molar-refractivity contribution in [2.75, 3.05) is 0 Å². The van der Waals surface area contributed by atoms with E-state index in [2.05, 4.69) is 5.32 Å². The number of carbonyl (C=O) groups excluding carboxylic acids is 1. The van der Waals surface area contributed by atoms with Crippen LogP contribution < -0.4 is 5.32 Å². The van der Waals surface area contributed by atoms with Crippen LogP contribution in [0.4, 0.5) is 5.69 Å². The quantitative estimate of drug-likeness (QED) is 0.525. The predicted molar refractivity (Wildman–Crippen MR) is 104 cm³/mol. The lowest BCUT2D eigenvalue weighted by atomic mass is 9.94. The predicted octanol–water partition coefficient (Wildman–Crippen LogP) is 4.35. The first-order chi connectivity index (χ1) is 13.1. The largest absolute Gasteiger partial charge is 0.345 e. The van der Waals surface area contributed by atoms with Gasteiger partial charge in [0, 0.05) is 11.6 Å². The Bertz CT molecular complexity index is 955. The minimum Gasteiger partial charge on any atom is -0.345 e. The first-order valence-corrected chi connectivity index (χ1v) is 8.68. The van der Waals surface area contributed by atoms with Crippen LogP contribution in [0.5, 0.6) is 0 Å². The Labute approximate surface area is 157 Å². The van der Waals surface area contributed by atoms with Crippen molar-refractivity contribution in [3.05, 3.63) is 111 Å². The van der Waals surface area contributed by atoms with Crippen molar-refractivity contribution in [1.29, 1.82) is 0 Å². The topological polar surface area (TPSA) is 72.2 Å². The summed E-state index contributed by atoms with van der Waals surface area (Å²) in [5.41, 5.74) is 3.39. The van der Waals surface area contributed by atoms with E-state index in [1.807, 2.05) is 61.5 Å². The van der Waals surface area contributed by atoms with E-state index < -0.39 is 4.92 Å². The summed E-state index contributed by atoms with van der Waals surface area (Å²) < 4.78 is 0. The highest BCUT2D eigenvalue weighted by Gasteiger charge is 2.21. The monoisotopic (exact) mass is 360 g/mol. The molecule has 5 heteroatoms. The molecule has 0 saturated heterocycles. The first kappa shape index (κ1) is 18.3. The maximum absolute atomic E-state index is 12.7. The van der Waals surface area contributed by atoms with E-state index in [0.717, 1.165) is 16.7 Å². The van der Waals surface area contributed by atoms with E-state index in [-0.39, 0.29) is 24.1 Å². The lowest BCUT2D eigenvalue weighted by Crippen LogP contribution is -2.31. The second kappa shape index (κ2) is 8.27. The second-order valence-electron chi connectivity index (χ2n) is 6.33. The molecule has 0 unspecified atom stereocenters. The maximum atomic E-state index is 12.7. The van der Waals surface area contributed by atoms with Crippen LogP contribution in [0.3, 0.4) is 0 Å². The third-order valence-corrected chi connectivity index (χ3v) is 4.48. The third-order valence-electron chi connectivity index (χ3n) is 4.48. The molecule has 0 spiro atoms. The van der Waals surface area contributed by atoms with Crippen LogP contribution >= 0.6 is 0 Å². The number of amides is 1. The number of rotatable bonds is 6. The number of nitro groups is 1. The van der Waals surface area contributed by atoms with Gasteiger partial charge in [0.25, 0.3) is 5.69 Å². The molecule has 0 aromatic heterocycles. The average molecular weight is 360 g/mol. The number of nitrogens with zero attached hydrogens (tertiary/aromatic N) is 1. The highest BCUT2D eigenvalue weighted by Crippen LogP contribution is 2.25. The summed E-state index contributed by atoms with van der Waals surface area (Å²) in [5.74, 6) is -0.263. The van der Waals surface area contributed by atoms with Gasteiger partial charge < -0.3 is 5.32 Å². The van der Waals surface area contributed by atoms with Gasteiger partial charge in [-0.15, -0.1) is 0 Å². The molecular formula is C22H20N2O3. The molecule has 1 N–H and O–H groups in total. The van der Waals surface area contributed by atoms with Crippen LogP contribution in [0, 0.1) is 17.0 Å². The molecule has 0 saturated carbocycles. The van der Waals surface area contributed by atoms with E-state index in [1.165, 1.54) is 6.07 Å². The van der Waals surface area contributed by atoms with Crippen LogP contribution in [-0.2, 0) is 11.2 Å². The standard InChI is InChI=1S/C22H20N2O3/c1-16-9-5-7-13-19(16)22(17-10-3-2-4-11-17)23-21(25)15-18-12-6-8-14-20(18)24(26)27/h2-14,22H,15H2,1H3,(H,23,25)/t22-/m0/s1. The molecule has 5 nitrogen and oxygen atoms in total. The second-order valence-corrected chi connectivity index (χ2v) is 6.33. The summed E-state index contributed by atoms with van der Waals surface area (Å²) >= 11 is 0. The van der Waals surface area contributed by atoms with Crippen molar-refractivity contribution in [3.63, 3.8) is 0 Å². The average Bonchev–Trinajstić information content (AvgIpc) is 2.68. The number of carbonyl (C=O) groups is 1. The van der Waals surface area contributed by atoms with Crippen LogP contribution in [0.25, 0.3) is 0 Å². The Kier molecular flexibility index (Phi) is 5.61. The van der Waals surface area contributed by atoms with Crippen LogP contribution in [0.1, 0.15) is 28.3 Å². The molecule has 0 heterocycles. The lowest BCUT2D eigenvalue weighted by molar-refractivity contribution is -0.385. The van der Waals surface area contributed by atoms with E-state index in [0.29, 0.717) is 5.56 Å².